The van der Waals surface area contributed by atoms with Gasteiger partial charge in [0.2, 0.25) is 0 Å². The number of hydrogen-bond donors (Lipinski definition) is 1. The van der Waals surface area contributed by atoms with E-state index in [4.69, 9.17) is 0 Å². The number of hydrogen-bond acceptors (Lipinski definition) is 4. The summed E-state index contributed by atoms with van der Waals surface area (Å²) in [5.41, 5.74) is 1.81. The molecule has 0 spiro atoms. The number of H-pyrrole nitrogens is 1. The van der Waals surface area contributed by atoms with Crippen LogP contribution in [0.1, 0.15) is 15.9 Å². The zero-order valence-corrected chi connectivity index (χ0v) is 19.2. The van der Waals surface area contributed by atoms with Crippen LogP contribution in [0.5, 0.6) is 0 Å². The molecule has 0 atom stereocenters. The van der Waals surface area contributed by atoms with Crippen molar-refractivity contribution in [3.05, 3.63) is 71.9 Å². The van der Waals surface area contributed by atoms with Gasteiger partial charge < -0.3 is 14.8 Å². The highest BCUT2D eigenvalue weighted by atomic mass is 32.2. The predicted octanol–water partition coefficient (Wildman–Crippen LogP) is 1.75. The second kappa shape index (κ2) is 9.16. The average molecular weight is 468 g/mol. The molecule has 0 aliphatic carbocycles. The lowest BCUT2D eigenvalue weighted by Gasteiger charge is -2.36. The summed E-state index contributed by atoms with van der Waals surface area (Å²) in [5.74, 6) is -0.814. The van der Waals surface area contributed by atoms with Gasteiger partial charge >= 0.3 is 10.2 Å². The molecule has 9 nitrogen and oxygen atoms in total. The zero-order chi connectivity index (χ0) is 23.6. The first-order chi connectivity index (χ1) is 15.8. The monoisotopic (exact) mass is 467 g/mol. The fraction of sp³-hybridized carbons (Fsp3) is 0.261. The van der Waals surface area contributed by atoms with Gasteiger partial charge in [-0.3, -0.25) is 9.59 Å². The number of nitrogens with zero attached hydrogens (tertiary/aromatic N) is 4. The molecule has 2 aromatic carbocycles. The molecule has 1 aliphatic rings. The molecule has 2 heterocycles. The van der Waals surface area contributed by atoms with Crippen LogP contribution < -0.4 is 0 Å². The minimum Gasteiger partial charge on any atom is -0.360 e. The predicted molar refractivity (Wildman–Crippen MR) is 126 cm³/mol. The Hall–Kier alpha value is -3.50. The molecule has 3 aromatic rings. The summed E-state index contributed by atoms with van der Waals surface area (Å²) in [7, 11) is -0.997. The Balaban J connectivity index is 1.52. The summed E-state index contributed by atoms with van der Waals surface area (Å²) >= 11 is 0. The van der Waals surface area contributed by atoms with Crippen LogP contribution in [0.4, 0.5) is 0 Å². The fourth-order valence-electron chi connectivity index (χ4n) is 3.71. The SMILES string of the molecule is CN(C)S(=O)(=O)N=C(c1ccccc1)N1CCN(C(=O)C(=O)c2c[nH]c3ccccc23)CC1. The number of ketones is 1. The standard InChI is InChI=1S/C23H25N5O4S/c1-26(2)33(31,32)25-22(17-8-4-3-5-9-17)27-12-14-28(15-13-27)23(30)21(29)19-16-24-20-11-7-6-10-18(19)20/h3-11,16,24H,12-15H2,1-2H3. The topological polar surface area (TPSA) is 106 Å². The molecule has 1 saturated heterocycles. The average Bonchev–Trinajstić information content (AvgIpc) is 3.26. The van der Waals surface area contributed by atoms with E-state index in [0.717, 1.165) is 9.82 Å². The molecule has 0 radical (unpaired) electrons. The van der Waals surface area contributed by atoms with Gasteiger partial charge in [-0.15, -0.1) is 4.40 Å². The van der Waals surface area contributed by atoms with Crippen molar-refractivity contribution >= 4 is 38.6 Å². The van der Waals surface area contributed by atoms with Gasteiger partial charge in [-0.1, -0.05) is 48.5 Å². The van der Waals surface area contributed by atoms with Crippen molar-refractivity contribution in [2.75, 3.05) is 40.3 Å². The lowest BCUT2D eigenvalue weighted by molar-refractivity contribution is -0.127. The number of benzene rings is 2. The van der Waals surface area contributed by atoms with E-state index in [1.54, 1.807) is 24.4 Å². The van der Waals surface area contributed by atoms with Crippen molar-refractivity contribution < 1.29 is 18.0 Å². The number of para-hydroxylation sites is 1. The molecule has 4 rings (SSSR count). The van der Waals surface area contributed by atoms with E-state index in [1.807, 2.05) is 41.3 Å². The smallest absolute Gasteiger partial charge is 0.323 e. The molecule has 0 bridgehead atoms. The first-order valence-electron chi connectivity index (χ1n) is 10.5. The maximum absolute atomic E-state index is 12.9. The number of fused-ring (bicyclic) bond motifs is 1. The van der Waals surface area contributed by atoms with Crippen LogP contribution >= 0.6 is 0 Å². The second-order valence-electron chi connectivity index (χ2n) is 7.90. The van der Waals surface area contributed by atoms with Crippen molar-refractivity contribution in [2.45, 2.75) is 0 Å². The maximum Gasteiger partial charge on any atom is 0.323 e. The molecular formula is C23H25N5O4S. The van der Waals surface area contributed by atoms with Crippen LogP contribution in [0.2, 0.25) is 0 Å². The van der Waals surface area contributed by atoms with Gasteiger partial charge in [0.1, 0.15) is 5.84 Å². The quantitative estimate of drug-likeness (QED) is 0.266. The number of carbonyl (C=O) groups is 2. The number of amides is 1. The Morgan fingerprint density at radius 3 is 2.18 bits per heavy atom. The zero-order valence-electron chi connectivity index (χ0n) is 18.4. The minimum absolute atomic E-state index is 0.279. The molecule has 1 N–H and O–H groups in total. The van der Waals surface area contributed by atoms with Crippen LogP contribution in [0.25, 0.3) is 10.9 Å². The Morgan fingerprint density at radius 1 is 0.909 bits per heavy atom. The number of aromatic amines is 1. The number of nitrogens with one attached hydrogen (secondary N) is 1. The van der Waals surface area contributed by atoms with E-state index >= 15 is 0 Å². The van der Waals surface area contributed by atoms with Crippen molar-refractivity contribution in [3.63, 3.8) is 0 Å². The van der Waals surface area contributed by atoms with Crippen molar-refractivity contribution in [2.24, 2.45) is 4.40 Å². The third kappa shape index (κ3) is 4.67. The van der Waals surface area contributed by atoms with E-state index in [-0.39, 0.29) is 13.1 Å². The Bertz CT molecular complexity index is 1310. The lowest BCUT2D eigenvalue weighted by atomic mass is 10.1. The number of amidine groups is 1. The number of aromatic nitrogens is 1. The van der Waals surface area contributed by atoms with Crippen LogP contribution in [-0.2, 0) is 15.0 Å². The summed E-state index contributed by atoms with van der Waals surface area (Å²) in [4.78, 5) is 32.2. The Labute approximate surface area is 192 Å². The summed E-state index contributed by atoms with van der Waals surface area (Å²) in [6.07, 6.45) is 1.56. The van der Waals surface area contributed by atoms with Crippen molar-refractivity contribution in [1.82, 2.24) is 19.1 Å². The van der Waals surface area contributed by atoms with Gasteiger partial charge in [0, 0.05) is 62.9 Å². The van der Waals surface area contributed by atoms with E-state index in [9.17, 15) is 18.0 Å². The molecule has 0 saturated carbocycles. The molecule has 33 heavy (non-hydrogen) atoms. The van der Waals surface area contributed by atoms with Gasteiger partial charge in [-0.05, 0) is 6.07 Å². The maximum atomic E-state index is 12.9. The lowest BCUT2D eigenvalue weighted by Crippen LogP contribution is -2.52. The van der Waals surface area contributed by atoms with Crippen LogP contribution in [0, 0.1) is 0 Å². The first kappa shape index (κ1) is 22.7. The van der Waals surface area contributed by atoms with Crippen molar-refractivity contribution in [3.8, 4) is 0 Å². The highest BCUT2D eigenvalue weighted by Crippen LogP contribution is 2.20. The van der Waals surface area contributed by atoms with Crippen LogP contribution in [0.3, 0.4) is 0 Å². The van der Waals surface area contributed by atoms with E-state index in [2.05, 4.69) is 9.38 Å². The molecule has 172 valence electrons. The summed E-state index contributed by atoms with van der Waals surface area (Å²) in [5, 5.41) is 0.710. The largest absolute Gasteiger partial charge is 0.360 e. The Morgan fingerprint density at radius 2 is 1.52 bits per heavy atom. The molecule has 1 amide bonds. The van der Waals surface area contributed by atoms with Gasteiger partial charge in [0.15, 0.2) is 0 Å². The van der Waals surface area contributed by atoms with E-state index in [1.165, 1.54) is 19.0 Å². The number of carbonyl (C=O) groups excluding carboxylic acids is 2. The van der Waals surface area contributed by atoms with Crippen LogP contribution in [0.15, 0.2) is 65.2 Å². The number of rotatable bonds is 5. The number of Topliss-reactive ketones (excluding diaryl/α,β-unsaturated/α-hetero) is 1. The fourth-order valence-corrected chi connectivity index (χ4v) is 4.31. The summed E-state index contributed by atoms with van der Waals surface area (Å²) in [6.45, 7) is 1.26. The normalized spacial score (nSPS) is 15.3. The molecule has 1 aromatic heterocycles. The van der Waals surface area contributed by atoms with Crippen molar-refractivity contribution in [1.29, 1.82) is 0 Å². The molecule has 1 fully saturated rings. The highest BCUT2D eigenvalue weighted by Gasteiger charge is 2.30. The van der Waals surface area contributed by atoms with E-state index in [0.29, 0.717) is 35.4 Å². The third-order valence-electron chi connectivity index (χ3n) is 5.59. The molecule has 10 heteroatoms. The number of piperazine rings is 1. The molecule has 1 aliphatic heterocycles. The summed E-state index contributed by atoms with van der Waals surface area (Å²) < 4.78 is 30.0. The van der Waals surface area contributed by atoms with Crippen LogP contribution in [-0.4, -0.2) is 85.3 Å². The molecule has 0 unspecified atom stereocenters. The van der Waals surface area contributed by atoms with Gasteiger partial charge in [0.25, 0.3) is 11.7 Å². The first-order valence-corrected chi connectivity index (χ1v) is 11.9. The highest BCUT2D eigenvalue weighted by molar-refractivity contribution is 7.87. The minimum atomic E-state index is -3.85. The summed E-state index contributed by atoms with van der Waals surface area (Å²) in [6, 6.07) is 16.4. The third-order valence-corrected chi connectivity index (χ3v) is 6.92. The second-order valence-corrected chi connectivity index (χ2v) is 9.71. The Kier molecular flexibility index (Phi) is 6.30. The molecular weight excluding hydrogens is 442 g/mol. The van der Waals surface area contributed by atoms with Gasteiger partial charge in [-0.2, -0.15) is 12.7 Å². The van der Waals surface area contributed by atoms with Gasteiger partial charge in [0.05, 0.1) is 5.56 Å². The van der Waals surface area contributed by atoms with Gasteiger partial charge in [-0.25, -0.2) is 0 Å². The van der Waals surface area contributed by atoms with E-state index < -0.39 is 21.9 Å².